The molecule has 0 saturated carbocycles. The van der Waals surface area contributed by atoms with E-state index in [4.69, 9.17) is 0 Å². The van der Waals surface area contributed by atoms with Gasteiger partial charge in [-0.1, -0.05) is 48.0 Å². The van der Waals surface area contributed by atoms with E-state index in [1.165, 1.54) is 5.69 Å². The Hall–Kier alpha value is -3.15. The number of carbonyl (C=O) groups excluding carboxylic acids is 1. The predicted molar refractivity (Wildman–Crippen MR) is 151 cm³/mol. The first-order valence-electron chi connectivity index (χ1n) is 13.7. The minimum absolute atomic E-state index is 0.0638. The molecule has 2 aliphatic rings. The Balaban J connectivity index is 1.09. The third-order valence-electron chi connectivity index (χ3n) is 8.26. The van der Waals surface area contributed by atoms with Crippen molar-refractivity contribution in [3.8, 4) is 0 Å². The van der Waals surface area contributed by atoms with E-state index >= 15 is 0 Å². The van der Waals surface area contributed by atoms with Crippen molar-refractivity contribution < 1.29 is 9.90 Å². The van der Waals surface area contributed by atoms with Gasteiger partial charge in [-0.15, -0.1) is 0 Å². The lowest BCUT2D eigenvalue weighted by atomic mass is 9.86. The van der Waals surface area contributed by atoms with Crippen LogP contribution in [-0.4, -0.2) is 48.1 Å². The highest BCUT2D eigenvalue weighted by atomic mass is 16.3. The fraction of sp³-hybridized carbons (Fsp3) is 0.406. The number of carbonyl (C=O) groups is 1. The van der Waals surface area contributed by atoms with Crippen LogP contribution < -0.4 is 10.2 Å². The lowest BCUT2D eigenvalue weighted by Gasteiger charge is -2.43. The molecule has 0 radical (unpaired) electrons. The van der Waals surface area contributed by atoms with Crippen LogP contribution >= 0.6 is 0 Å². The summed E-state index contributed by atoms with van der Waals surface area (Å²) in [5.41, 5.74) is 5.96. The van der Waals surface area contributed by atoms with Crippen molar-refractivity contribution in [3.63, 3.8) is 0 Å². The normalized spacial score (nSPS) is 18.5. The fourth-order valence-electron chi connectivity index (χ4n) is 6.03. The molecule has 2 N–H and O–H groups in total. The Morgan fingerprint density at radius 3 is 2.19 bits per heavy atom. The molecule has 2 aliphatic heterocycles. The van der Waals surface area contributed by atoms with Crippen molar-refractivity contribution in [1.29, 1.82) is 0 Å². The van der Waals surface area contributed by atoms with E-state index in [2.05, 4.69) is 27.2 Å². The van der Waals surface area contributed by atoms with Crippen LogP contribution in [0, 0.1) is 19.8 Å². The summed E-state index contributed by atoms with van der Waals surface area (Å²) in [6.45, 7) is 8.26. The summed E-state index contributed by atoms with van der Waals surface area (Å²) < 4.78 is 0. The first-order valence-corrected chi connectivity index (χ1v) is 13.7. The monoisotopic (exact) mass is 497 g/mol. The molecule has 0 bridgehead atoms. The fourth-order valence-corrected chi connectivity index (χ4v) is 6.03. The number of rotatable bonds is 6. The lowest BCUT2D eigenvalue weighted by molar-refractivity contribution is 0.0404. The second kappa shape index (κ2) is 11.5. The van der Waals surface area contributed by atoms with Crippen LogP contribution in [0.3, 0.4) is 0 Å². The molecule has 37 heavy (non-hydrogen) atoms. The topological polar surface area (TPSA) is 55.8 Å². The van der Waals surface area contributed by atoms with Crippen LogP contribution in [0.25, 0.3) is 0 Å². The summed E-state index contributed by atoms with van der Waals surface area (Å²) in [7, 11) is 0. The highest BCUT2D eigenvalue weighted by Gasteiger charge is 2.31. The third kappa shape index (κ3) is 6.06. The molecule has 0 aromatic heterocycles. The number of nitrogens with zero attached hydrogens (tertiary/aromatic N) is 2. The van der Waals surface area contributed by atoms with E-state index in [9.17, 15) is 9.90 Å². The largest absolute Gasteiger partial charge is 0.388 e. The molecule has 1 amide bonds. The number of hydrogen-bond donors (Lipinski definition) is 2. The summed E-state index contributed by atoms with van der Waals surface area (Å²) in [4.78, 5) is 17.8. The zero-order valence-electron chi connectivity index (χ0n) is 22.1. The number of aryl methyl sites for hydroxylation is 2. The summed E-state index contributed by atoms with van der Waals surface area (Å²) >= 11 is 0. The highest BCUT2D eigenvalue weighted by molar-refractivity contribution is 6.05. The average molecular weight is 498 g/mol. The lowest BCUT2D eigenvalue weighted by Crippen LogP contribution is -2.48. The minimum Gasteiger partial charge on any atom is -0.388 e. The van der Waals surface area contributed by atoms with Crippen molar-refractivity contribution >= 4 is 17.3 Å². The molecule has 5 heteroatoms. The number of aliphatic hydroxyl groups excluding tert-OH is 1. The van der Waals surface area contributed by atoms with E-state index in [1.807, 2.05) is 74.5 Å². The van der Waals surface area contributed by atoms with Crippen LogP contribution in [-0.2, 0) is 0 Å². The molecule has 5 nitrogen and oxygen atoms in total. The average Bonchev–Trinajstić information content (AvgIpc) is 2.94. The van der Waals surface area contributed by atoms with Crippen LogP contribution in [0.4, 0.5) is 11.4 Å². The van der Waals surface area contributed by atoms with Crippen molar-refractivity contribution in [1.82, 2.24) is 4.90 Å². The Kier molecular flexibility index (Phi) is 7.92. The van der Waals surface area contributed by atoms with E-state index in [0.717, 1.165) is 79.8 Å². The zero-order chi connectivity index (χ0) is 25.8. The molecular formula is C32H39N3O2. The van der Waals surface area contributed by atoms with Gasteiger partial charge in [-0.05, 0) is 100.0 Å². The molecule has 1 atom stereocenters. The predicted octanol–water partition coefficient (Wildman–Crippen LogP) is 5.97. The molecule has 5 rings (SSSR count). The second-order valence-electron chi connectivity index (χ2n) is 10.8. The number of aliphatic hydroxyl groups is 1. The molecule has 194 valence electrons. The van der Waals surface area contributed by atoms with Gasteiger partial charge < -0.3 is 20.2 Å². The van der Waals surface area contributed by atoms with E-state index in [1.54, 1.807) is 0 Å². The van der Waals surface area contributed by atoms with Gasteiger partial charge in [0.05, 0.1) is 6.10 Å². The standard InChI is InChI=1S/C32H39N3O2/c1-23-8-13-30(24(2)22-23)32(37)33-27-9-11-28(12-10-27)35-20-16-29(17-21-35)34-18-14-26(15-19-34)31(36)25-6-4-3-5-7-25/h3-13,22,26,29,31,36H,14-21H2,1-2H3,(H,33,37)/t31-/m1/s1. The van der Waals surface area contributed by atoms with Gasteiger partial charge in [0.15, 0.2) is 0 Å². The maximum atomic E-state index is 12.7. The van der Waals surface area contributed by atoms with Gasteiger partial charge in [-0.2, -0.15) is 0 Å². The smallest absolute Gasteiger partial charge is 0.255 e. The number of piperidine rings is 2. The van der Waals surface area contributed by atoms with Gasteiger partial charge in [-0.25, -0.2) is 0 Å². The third-order valence-corrected chi connectivity index (χ3v) is 8.26. The van der Waals surface area contributed by atoms with Crippen LogP contribution in [0.15, 0.2) is 72.8 Å². The first kappa shape index (κ1) is 25.5. The number of amides is 1. The molecule has 0 aliphatic carbocycles. The van der Waals surface area contributed by atoms with Crippen LogP contribution in [0.2, 0.25) is 0 Å². The van der Waals surface area contributed by atoms with Gasteiger partial charge in [0.2, 0.25) is 0 Å². The van der Waals surface area contributed by atoms with E-state index < -0.39 is 0 Å². The summed E-state index contributed by atoms with van der Waals surface area (Å²) in [6, 6.07) is 24.9. The SMILES string of the molecule is Cc1ccc(C(=O)Nc2ccc(N3CCC(N4CCC([C@H](O)c5ccccc5)CC4)CC3)cc2)c(C)c1. The molecule has 3 aromatic carbocycles. The van der Waals surface area contributed by atoms with Crippen LogP contribution in [0.5, 0.6) is 0 Å². The van der Waals surface area contributed by atoms with Crippen molar-refractivity contribution in [2.75, 3.05) is 36.4 Å². The molecule has 2 saturated heterocycles. The molecule has 0 unspecified atom stereocenters. The van der Waals surface area contributed by atoms with Gasteiger partial charge >= 0.3 is 0 Å². The Morgan fingerprint density at radius 2 is 1.54 bits per heavy atom. The maximum Gasteiger partial charge on any atom is 0.255 e. The molecular weight excluding hydrogens is 458 g/mol. The molecule has 0 spiro atoms. The first-order chi connectivity index (χ1) is 18.0. The number of nitrogens with one attached hydrogen (secondary N) is 1. The maximum absolute atomic E-state index is 12.7. The Bertz CT molecular complexity index is 1180. The Labute approximate surface area is 221 Å². The number of hydrogen-bond acceptors (Lipinski definition) is 4. The van der Waals surface area contributed by atoms with Gasteiger partial charge in [0, 0.05) is 36.1 Å². The van der Waals surface area contributed by atoms with Gasteiger partial charge in [0.25, 0.3) is 5.91 Å². The molecule has 2 fully saturated rings. The van der Waals surface area contributed by atoms with Crippen molar-refractivity contribution in [3.05, 3.63) is 95.1 Å². The van der Waals surface area contributed by atoms with Gasteiger partial charge in [0.1, 0.15) is 0 Å². The quantitative estimate of drug-likeness (QED) is 0.441. The van der Waals surface area contributed by atoms with Crippen molar-refractivity contribution in [2.24, 2.45) is 5.92 Å². The summed E-state index contributed by atoms with van der Waals surface area (Å²) in [6.07, 6.45) is 4.10. The van der Waals surface area contributed by atoms with Gasteiger partial charge in [-0.3, -0.25) is 4.79 Å². The molecule has 2 heterocycles. The van der Waals surface area contributed by atoms with E-state index in [0.29, 0.717) is 12.0 Å². The number of anilines is 2. The molecule has 3 aromatic rings. The number of likely N-dealkylation sites (tertiary alicyclic amines) is 1. The number of benzene rings is 3. The second-order valence-corrected chi connectivity index (χ2v) is 10.8. The van der Waals surface area contributed by atoms with Crippen molar-refractivity contribution in [2.45, 2.75) is 51.7 Å². The van der Waals surface area contributed by atoms with Crippen LogP contribution in [0.1, 0.15) is 58.8 Å². The summed E-state index contributed by atoms with van der Waals surface area (Å²) in [5.74, 6) is 0.291. The van der Waals surface area contributed by atoms with E-state index in [-0.39, 0.29) is 12.0 Å². The highest BCUT2D eigenvalue weighted by Crippen LogP contribution is 2.33. The zero-order valence-corrected chi connectivity index (χ0v) is 22.1. The summed E-state index contributed by atoms with van der Waals surface area (Å²) in [5, 5.41) is 13.8. The Morgan fingerprint density at radius 1 is 0.865 bits per heavy atom. The minimum atomic E-state index is -0.348.